The van der Waals surface area contributed by atoms with Gasteiger partial charge in [-0.1, -0.05) is 24.3 Å². The van der Waals surface area contributed by atoms with Crippen molar-refractivity contribution in [2.75, 3.05) is 7.05 Å². The van der Waals surface area contributed by atoms with Crippen molar-refractivity contribution in [1.29, 1.82) is 0 Å². The van der Waals surface area contributed by atoms with E-state index in [9.17, 15) is 0 Å². The first-order valence-corrected chi connectivity index (χ1v) is 9.98. The SMILES string of the molecule is CN(C(C)(c1ccccn1)c1ccccn1)C(C)(c1ccccn1)c1ccccn1. The maximum Gasteiger partial charge on any atom is 0.104 e. The molecule has 0 saturated heterocycles. The van der Waals surface area contributed by atoms with E-state index in [2.05, 4.69) is 25.8 Å². The van der Waals surface area contributed by atoms with Gasteiger partial charge in [0.25, 0.3) is 0 Å². The first-order valence-electron chi connectivity index (χ1n) is 9.98. The molecule has 0 saturated carbocycles. The highest BCUT2D eigenvalue weighted by Gasteiger charge is 2.48. The fourth-order valence-corrected chi connectivity index (χ4v) is 4.00. The van der Waals surface area contributed by atoms with Gasteiger partial charge in [-0.2, -0.15) is 0 Å². The molecule has 0 aliphatic heterocycles. The highest BCUT2D eigenvalue weighted by atomic mass is 15.3. The maximum atomic E-state index is 4.73. The van der Waals surface area contributed by atoms with Crippen LogP contribution in [0.25, 0.3) is 0 Å². The van der Waals surface area contributed by atoms with Crippen molar-refractivity contribution in [1.82, 2.24) is 24.8 Å². The summed E-state index contributed by atoms with van der Waals surface area (Å²) >= 11 is 0. The van der Waals surface area contributed by atoms with E-state index in [0.29, 0.717) is 0 Å². The topological polar surface area (TPSA) is 54.8 Å². The Morgan fingerprint density at radius 2 is 0.767 bits per heavy atom. The van der Waals surface area contributed by atoms with E-state index >= 15 is 0 Å². The van der Waals surface area contributed by atoms with E-state index in [-0.39, 0.29) is 0 Å². The molecule has 0 amide bonds. The molecular weight excluding hydrogens is 370 g/mol. The molecule has 0 atom stereocenters. The summed E-state index contributed by atoms with van der Waals surface area (Å²) in [5, 5.41) is 0. The third kappa shape index (κ3) is 3.27. The van der Waals surface area contributed by atoms with Crippen LogP contribution in [0.5, 0.6) is 0 Å². The van der Waals surface area contributed by atoms with Crippen molar-refractivity contribution in [3.05, 3.63) is 120 Å². The van der Waals surface area contributed by atoms with Crippen LogP contribution in [0.2, 0.25) is 0 Å². The van der Waals surface area contributed by atoms with Crippen molar-refractivity contribution in [3.8, 4) is 0 Å². The van der Waals surface area contributed by atoms with Crippen molar-refractivity contribution in [2.45, 2.75) is 24.9 Å². The normalized spacial score (nSPS) is 12.1. The van der Waals surface area contributed by atoms with Crippen LogP contribution >= 0.6 is 0 Å². The molecule has 0 unspecified atom stereocenters. The van der Waals surface area contributed by atoms with Crippen LogP contribution in [-0.2, 0) is 11.1 Å². The zero-order valence-corrected chi connectivity index (χ0v) is 17.5. The lowest BCUT2D eigenvalue weighted by atomic mass is 9.81. The summed E-state index contributed by atoms with van der Waals surface area (Å²) in [4.78, 5) is 21.2. The minimum atomic E-state index is -0.633. The molecule has 0 radical (unpaired) electrons. The zero-order valence-electron chi connectivity index (χ0n) is 17.5. The smallest absolute Gasteiger partial charge is 0.104 e. The number of aromatic nitrogens is 4. The van der Waals surface area contributed by atoms with E-state index in [0.717, 1.165) is 22.8 Å². The summed E-state index contributed by atoms with van der Waals surface area (Å²) in [6.07, 6.45) is 7.29. The fraction of sp³-hybridized carbons (Fsp3) is 0.200. The van der Waals surface area contributed by atoms with Gasteiger partial charge in [0, 0.05) is 24.8 Å². The summed E-state index contributed by atoms with van der Waals surface area (Å²) in [5.41, 5.74) is 2.36. The lowest BCUT2D eigenvalue weighted by Gasteiger charge is -2.48. The molecule has 0 N–H and O–H groups in total. The van der Waals surface area contributed by atoms with Gasteiger partial charge in [0.05, 0.1) is 22.8 Å². The molecule has 0 aliphatic rings. The van der Waals surface area contributed by atoms with Crippen molar-refractivity contribution in [2.24, 2.45) is 0 Å². The molecule has 4 aromatic rings. The molecule has 30 heavy (non-hydrogen) atoms. The minimum Gasteiger partial charge on any atom is -0.274 e. The van der Waals surface area contributed by atoms with Crippen LogP contribution in [0, 0.1) is 0 Å². The number of nitrogens with zero attached hydrogens (tertiary/aromatic N) is 5. The van der Waals surface area contributed by atoms with Crippen LogP contribution in [0.3, 0.4) is 0 Å². The molecule has 0 bridgehead atoms. The Labute approximate surface area is 177 Å². The predicted octanol–water partition coefficient (Wildman–Crippen LogP) is 4.43. The van der Waals surface area contributed by atoms with Crippen LogP contribution in [0.1, 0.15) is 36.6 Å². The van der Waals surface area contributed by atoms with Crippen LogP contribution < -0.4 is 0 Å². The third-order valence-corrected chi connectivity index (χ3v) is 6.00. The quantitative estimate of drug-likeness (QED) is 0.484. The lowest BCUT2D eigenvalue weighted by molar-refractivity contribution is 0.0583. The number of pyridine rings is 4. The van der Waals surface area contributed by atoms with Crippen molar-refractivity contribution in [3.63, 3.8) is 0 Å². The van der Waals surface area contributed by atoms with Crippen molar-refractivity contribution >= 4 is 0 Å². The second-order valence-electron chi connectivity index (χ2n) is 7.56. The molecule has 150 valence electrons. The van der Waals surface area contributed by atoms with Crippen LogP contribution in [0.4, 0.5) is 0 Å². The van der Waals surface area contributed by atoms with Gasteiger partial charge in [-0.15, -0.1) is 0 Å². The Morgan fingerprint density at radius 3 is 0.967 bits per heavy atom. The standard InChI is InChI=1S/C25H25N5/c1-24(20-12-4-8-16-26-20,21-13-5-9-17-27-21)30(3)25(2,22-14-6-10-18-28-22)23-15-7-11-19-29-23/h4-19H,1-3H3. The fourth-order valence-electron chi connectivity index (χ4n) is 4.00. The highest BCUT2D eigenvalue weighted by molar-refractivity contribution is 5.36. The zero-order chi connectivity index (χ0) is 21.0. The molecule has 0 spiro atoms. The van der Waals surface area contributed by atoms with Gasteiger partial charge < -0.3 is 0 Å². The molecule has 4 aromatic heterocycles. The summed E-state index contributed by atoms with van der Waals surface area (Å²) in [6, 6.07) is 23.9. The Hall–Kier alpha value is -3.44. The third-order valence-electron chi connectivity index (χ3n) is 6.00. The average Bonchev–Trinajstić information content (AvgIpc) is 2.84. The minimum absolute atomic E-state index is 0.633. The predicted molar refractivity (Wildman–Crippen MR) is 118 cm³/mol. The van der Waals surface area contributed by atoms with Gasteiger partial charge in [-0.3, -0.25) is 24.8 Å². The molecule has 0 aromatic carbocycles. The molecule has 5 nitrogen and oxygen atoms in total. The molecule has 0 fully saturated rings. The van der Waals surface area contributed by atoms with Crippen LogP contribution in [0.15, 0.2) is 97.6 Å². The van der Waals surface area contributed by atoms with Gasteiger partial charge in [0.1, 0.15) is 11.1 Å². The number of rotatable bonds is 6. The Bertz CT molecular complexity index is 902. The van der Waals surface area contributed by atoms with E-state index < -0.39 is 11.1 Å². The van der Waals surface area contributed by atoms with E-state index in [1.807, 2.05) is 97.6 Å². The molecule has 0 aliphatic carbocycles. The first-order chi connectivity index (χ1) is 14.6. The molecule has 4 heterocycles. The number of hydrogen-bond donors (Lipinski definition) is 0. The lowest BCUT2D eigenvalue weighted by Crippen LogP contribution is -2.55. The summed E-state index contributed by atoms with van der Waals surface area (Å²) < 4.78 is 0. The highest BCUT2D eigenvalue weighted by Crippen LogP contribution is 2.43. The second-order valence-corrected chi connectivity index (χ2v) is 7.56. The Kier molecular flexibility index (Phi) is 5.38. The van der Waals surface area contributed by atoms with E-state index in [1.54, 1.807) is 0 Å². The monoisotopic (exact) mass is 395 g/mol. The summed E-state index contributed by atoms with van der Waals surface area (Å²) in [7, 11) is 2.09. The van der Waals surface area contributed by atoms with Gasteiger partial charge in [-0.25, -0.2) is 0 Å². The van der Waals surface area contributed by atoms with Gasteiger partial charge in [0.15, 0.2) is 0 Å². The van der Waals surface area contributed by atoms with Gasteiger partial charge in [0.2, 0.25) is 0 Å². The van der Waals surface area contributed by atoms with Gasteiger partial charge in [-0.05, 0) is 69.4 Å². The Morgan fingerprint density at radius 1 is 0.500 bits per heavy atom. The molecule has 4 rings (SSSR count). The number of hydrogen-bond acceptors (Lipinski definition) is 5. The largest absolute Gasteiger partial charge is 0.274 e. The van der Waals surface area contributed by atoms with Crippen LogP contribution in [-0.4, -0.2) is 31.9 Å². The van der Waals surface area contributed by atoms with Crippen molar-refractivity contribution < 1.29 is 0 Å². The summed E-state index contributed by atoms with van der Waals surface area (Å²) in [5.74, 6) is 0. The van der Waals surface area contributed by atoms with E-state index in [1.165, 1.54) is 0 Å². The maximum absolute atomic E-state index is 4.73. The van der Waals surface area contributed by atoms with Gasteiger partial charge >= 0.3 is 0 Å². The van der Waals surface area contributed by atoms with E-state index in [4.69, 9.17) is 19.9 Å². The average molecular weight is 396 g/mol. The first kappa shape index (κ1) is 19.9. The second kappa shape index (κ2) is 8.13. The molecule has 5 heteroatoms. The molecular formula is C25H25N5. The summed E-state index contributed by atoms with van der Waals surface area (Å²) in [6.45, 7) is 4.31. The Balaban J connectivity index is 1.98.